The van der Waals surface area contributed by atoms with Crippen molar-refractivity contribution in [1.82, 2.24) is 10.3 Å². The molecule has 2 aliphatic heterocycles. The third kappa shape index (κ3) is 9.87. The Kier molecular flexibility index (Phi) is 12.7. The lowest BCUT2D eigenvalue weighted by Crippen LogP contribution is -2.43. The number of oxime groups is 1. The Morgan fingerprint density at radius 2 is 1.95 bits per heavy atom. The first kappa shape index (κ1) is 33.1. The van der Waals surface area contributed by atoms with Crippen LogP contribution in [-0.4, -0.2) is 75.1 Å². The van der Waals surface area contributed by atoms with Gasteiger partial charge in [-0.2, -0.15) is 0 Å². The highest BCUT2D eigenvalue weighted by atomic mass is 16.6. The van der Waals surface area contributed by atoms with Gasteiger partial charge >= 0.3 is 6.09 Å². The smallest absolute Gasteiger partial charge is 0.407 e. The predicted molar refractivity (Wildman–Crippen MR) is 172 cm³/mol. The number of nitrogens with zero attached hydrogens (tertiary/aromatic N) is 3. The average Bonchev–Trinajstić information content (AvgIpc) is 3.22. The number of carbonyl (C=O) groups is 1. The van der Waals surface area contributed by atoms with Gasteiger partial charge in [-0.25, -0.2) is 4.79 Å². The number of aromatic nitrogens is 1. The minimum Gasteiger partial charge on any atom is -0.497 e. The molecule has 3 heterocycles. The molecule has 0 bridgehead atoms. The van der Waals surface area contributed by atoms with E-state index in [1.54, 1.807) is 7.11 Å². The molecule has 44 heavy (non-hydrogen) atoms. The molecule has 1 amide bonds. The molecule has 0 fully saturated rings. The third-order valence-corrected chi connectivity index (χ3v) is 7.87. The largest absolute Gasteiger partial charge is 0.497 e. The molecule has 0 aliphatic carbocycles. The van der Waals surface area contributed by atoms with Gasteiger partial charge in [-0.05, 0) is 88.4 Å². The fraction of sp³-hybridized carbons (Fsp3) is 0.559. The molecule has 0 saturated carbocycles. The number of hydrogen-bond donors (Lipinski definition) is 1. The van der Waals surface area contributed by atoms with Crippen molar-refractivity contribution < 1.29 is 28.6 Å². The van der Waals surface area contributed by atoms with E-state index >= 15 is 0 Å². The van der Waals surface area contributed by atoms with Crippen LogP contribution in [0.15, 0.2) is 47.6 Å². The molecule has 3 atom stereocenters. The van der Waals surface area contributed by atoms with Gasteiger partial charge < -0.3 is 34.0 Å². The van der Waals surface area contributed by atoms with Gasteiger partial charge in [0.15, 0.2) is 0 Å². The summed E-state index contributed by atoms with van der Waals surface area (Å²) in [6.45, 7) is 11.1. The Labute approximate surface area is 261 Å². The SMILES string of the molecule is CCCNC(=O)OC[C@H]1O[C@H](CCO/N=C(\C)CCN2CCCCc3nc(C)c(C)cc32)C=C[C@@H]1Oc1ccc(OC)cc1. The number of hydrogen-bond acceptors (Lipinski definition) is 9. The maximum Gasteiger partial charge on any atom is 0.407 e. The first-order valence-electron chi connectivity index (χ1n) is 15.8. The third-order valence-electron chi connectivity index (χ3n) is 7.87. The summed E-state index contributed by atoms with van der Waals surface area (Å²) in [5.41, 5.74) is 5.76. The fourth-order valence-corrected chi connectivity index (χ4v) is 5.18. The number of methoxy groups -OCH3 is 1. The van der Waals surface area contributed by atoms with Crippen molar-refractivity contribution >= 4 is 17.5 Å². The van der Waals surface area contributed by atoms with Gasteiger partial charge in [-0.3, -0.25) is 4.98 Å². The van der Waals surface area contributed by atoms with Crippen LogP contribution in [0.25, 0.3) is 0 Å². The van der Waals surface area contributed by atoms with Gasteiger partial charge in [-0.15, -0.1) is 0 Å². The summed E-state index contributed by atoms with van der Waals surface area (Å²) in [6, 6.07) is 9.63. The second kappa shape index (κ2) is 16.9. The van der Waals surface area contributed by atoms with Crippen molar-refractivity contribution in [3.63, 3.8) is 0 Å². The zero-order chi connectivity index (χ0) is 31.3. The van der Waals surface area contributed by atoms with E-state index in [-0.39, 0.29) is 12.7 Å². The molecule has 0 spiro atoms. The number of nitrogens with one attached hydrogen (secondary N) is 1. The number of carbonyl (C=O) groups excluding carboxylic acids is 1. The average molecular weight is 609 g/mol. The van der Waals surface area contributed by atoms with Gasteiger partial charge in [0.1, 0.15) is 36.9 Å². The van der Waals surface area contributed by atoms with E-state index in [0.29, 0.717) is 25.3 Å². The van der Waals surface area contributed by atoms with E-state index in [0.717, 1.165) is 55.9 Å². The molecule has 240 valence electrons. The Morgan fingerprint density at radius 3 is 2.73 bits per heavy atom. The highest BCUT2D eigenvalue weighted by Gasteiger charge is 2.30. The monoisotopic (exact) mass is 608 g/mol. The topological polar surface area (TPSA) is 104 Å². The van der Waals surface area contributed by atoms with E-state index in [4.69, 9.17) is 28.8 Å². The molecule has 10 nitrogen and oxygen atoms in total. The summed E-state index contributed by atoms with van der Waals surface area (Å²) in [5.74, 6) is 1.41. The van der Waals surface area contributed by atoms with Crippen molar-refractivity contribution in [3.8, 4) is 11.5 Å². The number of ether oxygens (including phenoxy) is 4. The highest BCUT2D eigenvalue weighted by molar-refractivity contribution is 5.81. The molecule has 0 radical (unpaired) electrons. The molecule has 10 heteroatoms. The number of pyridine rings is 1. The summed E-state index contributed by atoms with van der Waals surface area (Å²) in [5, 5.41) is 7.10. The van der Waals surface area contributed by atoms with Crippen LogP contribution in [0.1, 0.15) is 62.9 Å². The standard InChI is InChI=1S/C34H48N4O6/c1-6-18-35-34(39)41-23-33-32(43-28-12-10-27(40-5)11-13-28)15-14-29(44-33)17-21-42-37-25(3)16-20-38-19-8-7-9-30-31(38)22-24(2)26(4)36-30/h10-15,22,29,32-33H,6-9,16-21,23H2,1-5H3,(H,35,39)/b37-25+/t29-,32-,33+/m0/s1. The van der Waals surface area contributed by atoms with Gasteiger partial charge in [0.25, 0.3) is 0 Å². The fourth-order valence-electron chi connectivity index (χ4n) is 5.18. The van der Waals surface area contributed by atoms with E-state index < -0.39 is 18.3 Å². The van der Waals surface area contributed by atoms with Crippen LogP contribution in [0, 0.1) is 13.8 Å². The minimum absolute atomic E-state index is 0.0591. The van der Waals surface area contributed by atoms with Gasteiger partial charge in [-0.1, -0.05) is 18.2 Å². The van der Waals surface area contributed by atoms with Crippen molar-refractivity contribution in [1.29, 1.82) is 0 Å². The van der Waals surface area contributed by atoms with Crippen LogP contribution in [0.3, 0.4) is 0 Å². The van der Waals surface area contributed by atoms with E-state index in [1.807, 2.05) is 50.3 Å². The number of aryl methyl sites for hydroxylation is 3. The Morgan fingerprint density at radius 1 is 1.16 bits per heavy atom. The minimum atomic E-state index is -0.483. The maximum atomic E-state index is 12.1. The van der Waals surface area contributed by atoms with Crippen LogP contribution in [0.2, 0.25) is 0 Å². The molecule has 1 aromatic heterocycles. The number of fused-ring (bicyclic) bond motifs is 1. The van der Waals surface area contributed by atoms with Crippen molar-refractivity contribution in [2.24, 2.45) is 5.16 Å². The number of amides is 1. The zero-order valence-corrected chi connectivity index (χ0v) is 26.8. The van der Waals surface area contributed by atoms with Crippen LogP contribution in [0.5, 0.6) is 11.5 Å². The van der Waals surface area contributed by atoms with Crippen LogP contribution in [-0.2, 0) is 20.7 Å². The first-order valence-corrected chi connectivity index (χ1v) is 15.8. The summed E-state index contributed by atoms with van der Waals surface area (Å²) in [4.78, 5) is 25.1. The normalized spacial score (nSPS) is 20.0. The Balaban J connectivity index is 1.27. The zero-order valence-electron chi connectivity index (χ0n) is 26.8. The van der Waals surface area contributed by atoms with Crippen LogP contribution >= 0.6 is 0 Å². The number of alkyl carbamates (subject to hydrolysis) is 1. The molecular formula is C34H48N4O6. The quantitative estimate of drug-likeness (QED) is 0.122. The van der Waals surface area contributed by atoms with Crippen molar-refractivity contribution in [2.45, 2.75) is 84.5 Å². The Hall–Kier alpha value is -3.79. The summed E-state index contributed by atoms with van der Waals surface area (Å²) < 4.78 is 23.1. The molecule has 2 aromatic rings. The molecule has 0 unspecified atom stereocenters. The molecule has 2 aliphatic rings. The predicted octanol–water partition coefficient (Wildman–Crippen LogP) is 5.93. The molecule has 0 saturated heterocycles. The second-order valence-electron chi connectivity index (χ2n) is 11.4. The molecule has 1 N–H and O–H groups in total. The lowest BCUT2D eigenvalue weighted by Gasteiger charge is -2.32. The van der Waals surface area contributed by atoms with Gasteiger partial charge in [0.2, 0.25) is 0 Å². The summed E-state index contributed by atoms with van der Waals surface area (Å²) >= 11 is 0. The number of rotatable bonds is 14. The van der Waals surface area contributed by atoms with Gasteiger partial charge in [0.05, 0.1) is 30.3 Å². The van der Waals surface area contributed by atoms with E-state index in [9.17, 15) is 4.79 Å². The van der Waals surface area contributed by atoms with Crippen LogP contribution in [0.4, 0.5) is 10.5 Å². The first-order chi connectivity index (χ1) is 21.4. The second-order valence-corrected chi connectivity index (χ2v) is 11.4. The maximum absolute atomic E-state index is 12.1. The molecule has 4 rings (SSSR count). The summed E-state index contributed by atoms with van der Waals surface area (Å²) in [7, 11) is 1.62. The van der Waals surface area contributed by atoms with Crippen molar-refractivity contribution in [3.05, 3.63) is 59.4 Å². The molecular weight excluding hydrogens is 560 g/mol. The van der Waals surface area contributed by atoms with Crippen LogP contribution < -0.4 is 19.7 Å². The van der Waals surface area contributed by atoms with Gasteiger partial charge in [0, 0.05) is 38.2 Å². The van der Waals surface area contributed by atoms with E-state index in [2.05, 4.69) is 35.3 Å². The number of anilines is 1. The highest BCUT2D eigenvalue weighted by Crippen LogP contribution is 2.28. The lowest BCUT2D eigenvalue weighted by molar-refractivity contribution is -0.0808. The van der Waals surface area contributed by atoms with E-state index in [1.165, 1.54) is 23.4 Å². The lowest BCUT2D eigenvalue weighted by atomic mass is 10.1. The van der Waals surface area contributed by atoms with Crippen molar-refractivity contribution in [2.75, 3.05) is 44.9 Å². The Bertz CT molecular complexity index is 1270. The number of benzene rings is 1. The summed E-state index contributed by atoms with van der Waals surface area (Å²) in [6.07, 6.45) is 7.94. The molecule has 1 aromatic carbocycles.